The van der Waals surface area contributed by atoms with Gasteiger partial charge in [-0.05, 0) is 37.2 Å². The lowest BCUT2D eigenvalue weighted by atomic mass is 9.87. The van der Waals surface area contributed by atoms with Crippen LogP contribution in [0.4, 0.5) is 5.00 Å². The van der Waals surface area contributed by atoms with Gasteiger partial charge in [-0.3, -0.25) is 0 Å². The Bertz CT molecular complexity index is 417. The molecule has 0 amide bonds. The summed E-state index contributed by atoms with van der Waals surface area (Å²) in [5.74, 6) is -0.161. The number of hydrogen-bond donors (Lipinski definition) is 2. The highest BCUT2D eigenvalue weighted by atomic mass is 32.1. The number of anilines is 1. The summed E-state index contributed by atoms with van der Waals surface area (Å²) in [6.07, 6.45) is 4.75. The summed E-state index contributed by atoms with van der Waals surface area (Å²) >= 11 is 1.26. The molecular weight excluding hydrogens is 236 g/mol. The van der Waals surface area contributed by atoms with Crippen molar-refractivity contribution in [3.05, 3.63) is 11.3 Å². The Kier molecular flexibility index (Phi) is 3.66. The molecule has 1 saturated carbocycles. The quantitative estimate of drug-likeness (QED) is 0.870. The van der Waals surface area contributed by atoms with Gasteiger partial charge in [-0.1, -0.05) is 19.8 Å². The van der Waals surface area contributed by atoms with Gasteiger partial charge in [0.05, 0.1) is 5.69 Å². The summed E-state index contributed by atoms with van der Waals surface area (Å²) < 4.78 is 4.12. The van der Waals surface area contributed by atoms with Crippen LogP contribution in [-0.4, -0.2) is 21.5 Å². The zero-order chi connectivity index (χ0) is 12.4. The summed E-state index contributed by atoms with van der Waals surface area (Å²) in [5.41, 5.74) is 0.946. The van der Waals surface area contributed by atoms with E-state index >= 15 is 0 Å². The number of aryl methyl sites for hydroxylation is 1. The number of carboxylic acid groups (broad SMARTS) is 1. The fourth-order valence-corrected chi connectivity index (χ4v) is 3.34. The van der Waals surface area contributed by atoms with Crippen LogP contribution < -0.4 is 5.32 Å². The Morgan fingerprint density at radius 2 is 2.29 bits per heavy atom. The minimum Gasteiger partial charge on any atom is -0.478 e. The predicted octanol–water partition coefficient (Wildman–Crippen LogP) is 3.14. The highest BCUT2D eigenvalue weighted by Crippen LogP contribution is 2.30. The first-order valence-electron chi connectivity index (χ1n) is 6.04. The highest BCUT2D eigenvalue weighted by Gasteiger charge is 2.23. The molecule has 4 nitrogen and oxygen atoms in total. The summed E-state index contributed by atoms with van der Waals surface area (Å²) in [7, 11) is 0. The van der Waals surface area contributed by atoms with Gasteiger partial charge in [-0.25, -0.2) is 4.79 Å². The molecule has 0 bridgehead atoms. The van der Waals surface area contributed by atoms with Gasteiger partial charge in [0.15, 0.2) is 0 Å². The normalized spacial score (nSPS) is 24.6. The molecule has 1 fully saturated rings. The summed E-state index contributed by atoms with van der Waals surface area (Å²) in [5, 5.41) is 13.2. The van der Waals surface area contributed by atoms with E-state index in [2.05, 4.69) is 16.6 Å². The third kappa shape index (κ3) is 2.77. The van der Waals surface area contributed by atoms with E-state index in [-0.39, 0.29) is 0 Å². The molecule has 1 aliphatic carbocycles. The van der Waals surface area contributed by atoms with Crippen molar-refractivity contribution < 1.29 is 9.90 Å². The number of carboxylic acids is 1. The van der Waals surface area contributed by atoms with Crippen LogP contribution in [0, 0.1) is 12.8 Å². The van der Waals surface area contributed by atoms with Crippen molar-refractivity contribution >= 4 is 22.5 Å². The maximum Gasteiger partial charge on any atom is 0.340 e. The Balaban J connectivity index is 2.10. The zero-order valence-corrected chi connectivity index (χ0v) is 11.0. The van der Waals surface area contributed by atoms with E-state index in [1.165, 1.54) is 24.4 Å². The molecule has 2 unspecified atom stereocenters. The first-order chi connectivity index (χ1) is 8.08. The van der Waals surface area contributed by atoms with Crippen LogP contribution in [-0.2, 0) is 0 Å². The van der Waals surface area contributed by atoms with Gasteiger partial charge in [0.25, 0.3) is 0 Å². The Labute approximate surface area is 105 Å². The first kappa shape index (κ1) is 12.4. The lowest BCUT2D eigenvalue weighted by Gasteiger charge is -2.27. The smallest absolute Gasteiger partial charge is 0.340 e. The molecular formula is C12H18N2O2S. The van der Waals surface area contributed by atoms with Crippen LogP contribution in [0.25, 0.3) is 0 Å². The largest absolute Gasteiger partial charge is 0.478 e. The molecule has 2 N–H and O–H groups in total. The summed E-state index contributed by atoms with van der Waals surface area (Å²) in [6, 6.07) is 0.400. The molecule has 2 rings (SSSR count). The zero-order valence-electron chi connectivity index (χ0n) is 10.2. The average molecular weight is 254 g/mol. The molecule has 17 heavy (non-hydrogen) atoms. The van der Waals surface area contributed by atoms with Crippen molar-refractivity contribution in [3.63, 3.8) is 0 Å². The van der Waals surface area contributed by atoms with E-state index in [9.17, 15) is 4.79 Å². The van der Waals surface area contributed by atoms with Crippen molar-refractivity contribution in [2.45, 2.75) is 45.6 Å². The van der Waals surface area contributed by atoms with Gasteiger partial charge in [0.1, 0.15) is 10.6 Å². The fourth-order valence-electron chi connectivity index (χ4n) is 2.47. The second kappa shape index (κ2) is 5.04. The van der Waals surface area contributed by atoms with E-state index < -0.39 is 5.97 Å². The van der Waals surface area contributed by atoms with Gasteiger partial charge < -0.3 is 10.4 Å². The Morgan fingerprint density at radius 3 is 2.94 bits per heavy atom. The SMILES string of the molecule is Cc1nsc(NC2CCCC(C)C2)c1C(=O)O. The highest BCUT2D eigenvalue weighted by molar-refractivity contribution is 7.10. The van der Waals surface area contributed by atoms with Gasteiger partial charge >= 0.3 is 5.97 Å². The van der Waals surface area contributed by atoms with Crippen molar-refractivity contribution in [2.24, 2.45) is 5.92 Å². The number of carbonyl (C=O) groups is 1. The van der Waals surface area contributed by atoms with Crippen molar-refractivity contribution in [1.82, 2.24) is 4.37 Å². The molecule has 5 heteroatoms. The lowest BCUT2D eigenvalue weighted by Crippen LogP contribution is -2.26. The van der Waals surface area contributed by atoms with Gasteiger partial charge in [0.2, 0.25) is 0 Å². The molecule has 2 atom stereocenters. The third-order valence-electron chi connectivity index (χ3n) is 3.35. The van der Waals surface area contributed by atoms with Gasteiger partial charge in [-0.15, -0.1) is 0 Å². The minimum absolute atomic E-state index is 0.341. The molecule has 0 aromatic carbocycles. The van der Waals surface area contributed by atoms with Gasteiger partial charge in [-0.2, -0.15) is 4.37 Å². The van der Waals surface area contributed by atoms with Crippen LogP contribution in [0.3, 0.4) is 0 Å². The number of aromatic carboxylic acids is 1. The molecule has 0 radical (unpaired) electrons. The van der Waals surface area contributed by atoms with E-state index in [0.29, 0.717) is 22.3 Å². The molecule has 1 aromatic rings. The van der Waals surface area contributed by atoms with Crippen molar-refractivity contribution in [2.75, 3.05) is 5.32 Å². The first-order valence-corrected chi connectivity index (χ1v) is 6.81. The molecule has 1 aliphatic rings. The van der Waals surface area contributed by atoms with E-state index in [4.69, 9.17) is 5.11 Å². The Hall–Kier alpha value is -1.10. The summed E-state index contributed by atoms with van der Waals surface area (Å²) in [4.78, 5) is 11.1. The lowest BCUT2D eigenvalue weighted by molar-refractivity contribution is 0.0697. The molecule has 0 saturated heterocycles. The molecule has 0 aliphatic heterocycles. The molecule has 1 heterocycles. The number of hydrogen-bond acceptors (Lipinski definition) is 4. The molecule has 0 spiro atoms. The van der Waals surface area contributed by atoms with Crippen molar-refractivity contribution in [1.29, 1.82) is 0 Å². The summed E-state index contributed by atoms with van der Waals surface area (Å²) in [6.45, 7) is 4.00. The van der Waals surface area contributed by atoms with Crippen LogP contribution in [0.15, 0.2) is 0 Å². The number of rotatable bonds is 3. The standard InChI is InChI=1S/C12H18N2O2S/c1-7-4-3-5-9(6-7)13-11-10(12(15)16)8(2)14-17-11/h7,9,13H,3-6H2,1-2H3,(H,15,16). The maximum atomic E-state index is 11.1. The van der Waals surface area contributed by atoms with Crippen LogP contribution >= 0.6 is 11.5 Å². The average Bonchev–Trinajstić information content (AvgIpc) is 2.59. The van der Waals surface area contributed by atoms with Crippen LogP contribution in [0.2, 0.25) is 0 Å². The third-order valence-corrected chi connectivity index (χ3v) is 4.22. The number of nitrogens with one attached hydrogen (secondary N) is 1. The second-order valence-corrected chi connectivity index (χ2v) is 5.66. The number of nitrogens with zero attached hydrogens (tertiary/aromatic N) is 1. The fraction of sp³-hybridized carbons (Fsp3) is 0.667. The molecule has 1 aromatic heterocycles. The number of aromatic nitrogens is 1. The van der Waals surface area contributed by atoms with Crippen molar-refractivity contribution in [3.8, 4) is 0 Å². The monoisotopic (exact) mass is 254 g/mol. The van der Waals surface area contributed by atoms with E-state index in [1.54, 1.807) is 6.92 Å². The topological polar surface area (TPSA) is 62.2 Å². The van der Waals surface area contributed by atoms with E-state index in [0.717, 1.165) is 18.8 Å². The van der Waals surface area contributed by atoms with Crippen LogP contribution in [0.5, 0.6) is 0 Å². The van der Waals surface area contributed by atoms with Crippen LogP contribution in [0.1, 0.15) is 48.7 Å². The van der Waals surface area contributed by atoms with E-state index in [1.807, 2.05) is 0 Å². The minimum atomic E-state index is -0.886. The maximum absolute atomic E-state index is 11.1. The molecule has 94 valence electrons. The predicted molar refractivity (Wildman–Crippen MR) is 68.9 cm³/mol. The Morgan fingerprint density at radius 1 is 1.53 bits per heavy atom. The van der Waals surface area contributed by atoms with Gasteiger partial charge in [0, 0.05) is 6.04 Å². The second-order valence-electron chi connectivity index (χ2n) is 4.89.